The Morgan fingerprint density at radius 3 is 2.20 bits per heavy atom. The lowest BCUT2D eigenvalue weighted by Gasteiger charge is -2.11. The number of ether oxygens (including phenoxy) is 5. The van der Waals surface area contributed by atoms with Gasteiger partial charge in [0.2, 0.25) is 0 Å². The molecule has 6 nitrogen and oxygen atoms in total. The Bertz CT molecular complexity index is 872. The van der Waals surface area contributed by atoms with E-state index in [4.69, 9.17) is 23.7 Å². The zero-order valence-electron chi connectivity index (χ0n) is 14.7. The Hall–Kier alpha value is -2.86. The average Bonchev–Trinajstić information content (AvgIpc) is 3.09. The van der Waals surface area contributed by atoms with Crippen LogP contribution in [0.1, 0.15) is 0 Å². The summed E-state index contributed by atoms with van der Waals surface area (Å²) < 4.78 is 26.8. The van der Waals surface area contributed by atoms with Crippen molar-refractivity contribution in [2.45, 2.75) is 0 Å². The van der Waals surface area contributed by atoms with E-state index in [1.165, 1.54) is 0 Å². The van der Waals surface area contributed by atoms with Gasteiger partial charge in [-0.15, -0.1) is 0 Å². The van der Waals surface area contributed by atoms with E-state index in [1.54, 1.807) is 28.4 Å². The summed E-state index contributed by atoms with van der Waals surface area (Å²) in [5.74, 6) is 2.62. The number of fused-ring (bicyclic) bond motifs is 1. The molecule has 1 heterocycles. The van der Waals surface area contributed by atoms with E-state index in [0.29, 0.717) is 23.0 Å². The summed E-state index contributed by atoms with van der Waals surface area (Å²) >= 11 is 0. The molecule has 0 aliphatic rings. The van der Waals surface area contributed by atoms with Crippen molar-refractivity contribution in [3.8, 4) is 34.3 Å². The molecule has 3 rings (SSSR count). The minimum Gasteiger partial charge on any atom is -0.493 e. The van der Waals surface area contributed by atoms with Crippen LogP contribution in [0.15, 0.2) is 36.4 Å². The van der Waals surface area contributed by atoms with Gasteiger partial charge in [-0.2, -0.15) is 0 Å². The van der Waals surface area contributed by atoms with E-state index in [2.05, 4.69) is 11.1 Å². The number of benzene rings is 2. The van der Waals surface area contributed by atoms with Crippen LogP contribution in [0.3, 0.4) is 0 Å². The fraction of sp³-hybridized carbons (Fsp3) is 0.263. The van der Waals surface area contributed by atoms with Crippen molar-refractivity contribution in [3.63, 3.8) is 0 Å². The number of nitrogens with one attached hydrogen (secondary N) is 1. The minimum atomic E-state index is 0.139. The van der Waals surface area contributed by atoms with Gasteiger partial charge in [0.15, 0.2) is 29.8 Å². The Morgan fingerprint density at radius 1 is 0.800 bits per heavy atom. The summed E-state index contributed by atoms with van der Waals surface area (Å²) in [4.78, 5) is 3.40. The lowest BCUT2D eigenvalue weighted by Crippen LogP contribution is -2.01. The molecule has 0 unspecified atom stereocenters. The van der Waals surface area contributed by atoms with Gasteiger partial charge in [-0.3, -0.25) is 0 Å². The number of methoxy groups -OCH3 is 4. The fourth-order valence-electron chi connectivity index (χ4n) is 2.74. The van der Waals surface area contributed by atoms with Crippen LogP contribution in [-0.2, 0) is 4.74 Å². The maximum atomic E-state index is 5.70. The monoisotopic (exact) mass is 343 g/mol. The average molecular weight is 343 g/mol. The van der Waals surface area contributed by atoms with Crippen LogP contribution >= 0.6 is 0 Å². The molecule has 0 aliphatic heterocycles. The Balaban J connectivity index is 2.09. The molecule has 0 fully saturated rings. The maximum Gasteiger partial charge on any atom is 0.189 e. The normalized spacial score (nSPS) is 10.7. The van der Waals surface area contributed by atoms with Crippen LogP contribution in [-0.4, -0.2) is 40.2 Å². The van der Waals surface area contributed by atoms with Gasteiger partial charge in [-0.05, 0) is 36.4 Å². The quantitative estimate of drug-likeness (QED) is 0.660. The van der Waals surface area contributed by atoms with E-state index < -0.39 is 0 Å². The van der Waals surface area contributed by atoms with Gasteiger partial charge in [0, 0.05) is 23.8 Å². The molecule has 0 aliphatic carbocycles. The third kappa shape index (κ3) is 3.21. The summed E-state index contributed by atoms with van der Waals surface area (Å²) in [7, 11) is 6.43. The number of aromatic nitrogens is 1. The predicted octanol–water partition coefficient (Wildman–Crippen LogP) is 3.84. The molecule has 6 heteroatoms. The SMILES string of the molecule is COCOc1c(OC)ccc2cc(-c3ccc(OC)c(OC)c3)[nH]c12. The molecule has 0 saturated carbocycles. The first-order valence-electron chi connectivity index (χ1n) is 7.75. The van der Waals surface area contributed by atoms with Gasteiger partial charge in [0.1, 0.15) is 0 Å². The summed E-state index contributed by atoms with van der Waals surface area (Å²) in [6.45, 7) is 0.139. The lowest BCUT2D eigenvalue weighted by molar-refractivity contribution is 0.0502. The Morgan fingerprint density at radius 2 is 1.52 bits per heavy atom. The fourth-order valence-corrected chi connectivity index (χ4v) is 2.74. The highest BCUT2D eigenvalue weighted by atomic mass is 16.7. The molecular formula is C19H21NO5. The molecule has 0 atom stereocenters. The van der Waals surface area contributed by atoms with E-state index in [1.807, 2.05) is 30.3 Å². The van der Waals surface area contributed by atoms with Crippen molar-refractivity contribution < 1.29 is 23.7 Å². The van der Waals surface area contributed by atoms with Crippen LogP contribution in [0.2, 0.25) is 0 Å². The first-order chi connectivity index (χ1) is 12.2. The van der Waals surface area contributed by atoms with Crippen molar-refractivity contribution in [1.29, 1.82) is 0 Å². The standard InChI is InChI=1S/C19H21NO5/c1-21-11-25-19-16(23-3)8-6-13-9-14(20-18(13)19)12-5-7-15(22-2)17(10-12)24-4/h5-10,20H,11H2,1-4H3. The summed E-state index contributed by atoms with van der Waals surface area (Å²) in [5, 5.41) is 1.01. The van der Waals surface area contributed by atoms with Gasteiger partial charge in [-0.1, -0.05) is 0 Å². The molecule has 0 bridgehead atoms. The Labute approximate surface area is 146 Å². The van der Waals surface area contributed by atoms with E-state index in [0.717, 1.165) is 22.2 Å². The molecule has 1 N–H and O–H groups in total. The zero-order chi connectivity index (χ0) is 17.8. The molecule has 1 aromatic heterocycles. The van der Waals surface area contributed by atoms with Gasteiger partial charge in [0.25, 0.3) is 0 Å². The number of hydrogen-bond acceptors (Lipinski definition) is 5. The highest BCUT2D eigenvalue weighted by Gasteiger charge is 2.14. The second-order valence-electron chi connectivity index (χ2n) is 5.36. The molecule has 0 radical (unpaired) electrons. The molecule has 0 spiro atoms. The van der Waals surface area contributed by atoms with Crippen molar-refractivity contribution in [2.75, 3.05) is 35.2 Å². The topological polar surface area (TPSA) is 61.9 Å². The molecule has 0 saturated heterocycles. The molecule has 0 amide bonds. The number of H-pyrrole nitrogens is 1. The first kappa shape index (κ1) is 17.0. The highest BCUT2D eigenvalue weighted by Crippen LogP contribution is 2.39. The summed E-state index contributed by atoms with van der Waals surface area (Å²) in [6, 6.07) is 11.7. The third-order valence-electron chi connectivity index (χ3n) is 3.95. The Kier molecular flexibility index (Phi) is 5.00. The van der Waals surface area contributed by atoms with E-state index >= 15 is 0 Å². The van der Waals surface area contributed by atoms with Crippen LogP contribution in [0.5, 0.6) is 23.0 Å². The smallest absolute Gasteiger partial charge is 0.189 e. The molecular weight excluding hydrogens is 322 g/mol. The first-order valence-corrected chi connectivity index (χ1v) is 7.75. The number of rotatable bonds is 7. The second kappa shape index (κ2) is 7.36. The molecule has 132 valence electrons. The van der Waals surface area contributed by atoms with Crippen LogP contribution < -0.4 is 18.9 Å². The van der Waals surface area contributed by atoms with Crippen molar-refractivity contribution in [1.82, 2.24) is 4.98 Å². The summed E-state index contributed by atoms with van der Waals surface area (Å²) in [5.41, 5.74) is 2.76. The predicted molar refractivity (Wildman–Crippen MR) is 95.9 cm³/mol. The van der Waals surface area contributed by atoms with Gasteiger partial charge in [0.05, 0.1) is 26.8 Å². The van der Waals surface area contributed by atoms with Gasteiger partial charge < -0.3 is 28.7 Å². The second-order valence-corrected chi connectivity index (χ2v) is 5.36. The summed E-state index contributed by atoms with van der Waals surface area (Å²) in [6.07, 6.45) is 0. The van der Waals surface area contributed by atoms with Crippen molar-refractivity contribution in [3.05, 3.63) is 36.4 Å². The van der Waals surface area contributed by atoms with Crippen molar-refractivity contribution in [2.24, 2.45) is 0 Å². The molecule has 25 heavy (non-hydrogen) atoms. The largest absolute Gasteiger partial charge is 0.493 e. The van der Waals surface area contributed by atoms with Gasteiger partial charge in [-0.25, -0.2) is 0 Å². The third-order valence-corrected chi connectivity index (χ3v) is 3.95. The van der Waals surface area contributed by atoms with Crippen LogP contribution in [0.4, 0.5) is 0 Å². The van der Waals surface area contributed by atoms with E-state index in [-0.39, 0.29) is 6.79 Å². The minimum absolute atomic E-state index is 0.139. The van der Waals surface area contributed by atoms with E-state index in [9.17, 15) is 0 Å². The highest BCUT2D eigenvalue weighted by molar-refractivity contribution is 5.92. The molecule has 3 aromatic rings. The van der Waals surface area contributed by atoms with Gasteiger partial charge >= 0.3 is 0 Å². The molecule has 2 aromatic carbocycles. The maximum absolute atomic E-state index is 5.70. The lowest BCUT2D eigenvalue weighted by atomic mass is 10.1. The number of aromatic amines is 1. The number of hydrogen-bond donors (Lipinski definition) is 1. The van der Waals surface area contributed by atoms with Crippen molar-refractivity contribution >= 4 is 10.9 Å². The zero-order valence-corrected chi connectivity index (χ0v) is 14.7. The van der Waals surface area contributed by atoms with Crippen LogP contribution in [0, 0.1) is 0 Å². The van der Waals surface area contributed by atoms with Crippen LogP contribution in [0.25, 0.3) is 22.2 Å².